The van der Waals surface area contributed by atoms with E-state index in [9.17, 15) is 9.59 Å². The molecule has 2 bridgehead atoms. The van der Waals surface area contributed by atoms with Crippen LogP contribution in [0.25, 0.3) is 33.6 Å². The molecule has 1 amide bonds. The third-order valence-corrected chi connectivity index (χ3v) is 7.84. The topological polar surface area (TPSA) is 113 Å². The first-order chi connectivity index (χ1) is 19.8. The van der Waals surface area contributed by atoms with Gasteiger partial charge in [0.2, 0.25) is 5.91 Å². The van der Waals surface area contributed by atoms with Crippen LogP contribution in [0.5, 0.6) is 0 Å². The quantitative estimate of drug-likeness (QED) is 0.324. The SMILES string of the molecule is CC1CCCC(n2cnc(-c3cc(Cl)ccc3-c3cnn(C)c3)cc2=O)c2cc(ccn2)-c2c(cnn2C)NC1=O. The van der Waals surface area contributed by atoms with Crippen molar-refractivity contribution < 1.29 is 4.79 Å². The molecule has 2 atom stereocenters. The normalized spacial score (nSPS) is 17.3. The summed E-state index contributed by atoms with van der Waals surface area (Å²) in [5.74, 6) is -0.264. The average molecular weight is 569 g/mol. The van der Waals surface area contributed by atoms with Crippen molar-refractivity contribution in [1.29, 1.82) is 0 Å². The molecule has 10 nitrogen and oxygen atoms in total. The number of amides is 1. The van der Waals surface area contributed by atoms with Crippen molar-refractivity contribution in [2.45, 2.75) is 32.2 Å². The number of hydrogen-bond donors (Lipinski definition) is 1. The Morgan fingerprint density at radius 3 is 2.59 bits per heavy atom. The Balaban J connectivity index is 1.44. The van der Waals surface area contributed by atoms with Gasteiger partial charge in [-0.1, -0.05) is 31.0 Å². The number of benzene rings is 1. The molecule has 4 aromatic heterocycles. The molecule has 0 saturated carbocycles. The molecule has 0 fully saturated rings. The zero-order chi connectivity index (χ0) is 28.7. The van der Waals surface area contributed by atoms with Crippen molar-refractivity contribution in [3.63, 3.8) is 0 Å². The second kappa shape index (κ2) is 10.8. The number of fused-ring (bicyclic) bond motifs is 4. The molecule has 0 radical (unpaired) electrons. The van der Waals surface area contributed by atoms with Gasteiger partial charge in [0.1, 0.15) is 0 Å². The number of pyridine rings is 1. The third kappa shape index (κ3) is 5.18. The van der Waals surface area contributed by atoms with Gasteiger partial charge in [0, 0.05) is 60.2 Å². The van der Waals surface area contributed by atoms with Gasteiger partial charge in [-0.2, -0.15) is 10.2 Å². The van der Waals surface area contributed by atoms with Gasteiger partial charge in [0.25, 0.3) is 5.56 Å². The minimum atomic E-state index is -0.368. The smallest absolute Gasteiger partial charge is 0.254 e. The molecule has 6 rings (SSSR count). The van der Waals surface area contributed by atoms with Crippen LogP contribution in [-0.4, -0.2) is 40.0 Å². The summed E-state index contributed by atoms with van der Waals surface area (Å²) in [6, 6.07) is 10.6. The molecule has 0 saturated heterocycles. The molecule has 2 unspecified atom stereocenters. The number of aryl methyl sites for hydroxylation is 2. The molecule has 0 aliphatic carbocycles. The Kier molecular flexibility index (Phi) is 7.00. The standard InChI is InChI=1S/C30H29ClN8O2/c1-18-5-4-6-27(25-11-19(9-10-32-25)29-26(36-30(18)41)15-35-38(29)3)39-17-33-24(13-28(39)40)23-12-21(31)7-8-22(23)20-14-34-37(2)16-20/h7-18,27H,4-6H2,1-3H3,(H,36,41). The number of carbonyl (C=O) groups excluding carboxylic acids is 1. The lowest BCUT2D eigenvalue weighted by Gasteiger charge is -2.22. The second-order valence-electron chi connectivity index (χ2n) is 10.4. The first-order valence-corrected chi connectivity index (χ1v) is 13.8. The van der Waals surface area contributed by atoms with Crippen molar-refractivity contribution in [2.24, 2.45) is 20.0 Å². The van der Waals surface area contributed by atoms with E-state index in [0.29, 0.717) is 29.2 Å². The molecule has 1 aliphatic heterocycles. The second-order valence-corrected chi connectivity index (χ2v) is 10.9. The molecule has 1 aliphatic rings. The zero-order valence-corrected chi connectivity index (χ0v) is 23.7. The Labute approximate surface area is 241 Å². The maximum atomic E-state index is 13.7. The van der Waals surface area contributed by atoms with Crippen LogP contribution in [0.15, 0.2) is 72.3 Å². The summed E-state index contributed by atoms with van der Waals surface area (Å²) in [5, 5.41) is 12.2. The number of nitrogens with one attached hydrogen (secondary N) is 1. The number of hydrogen-bond acceptors (Lipinski definition) is 6. The molecule has 5 heterocycles. The van der Waals surface area contributed by atoms with Crippen LogP contribution < -0.4 is 10.9 Å². The summed E-state index contributed by atoms with van der Waals surface area (Å²) < 4.78 is 5.08. The van der Waals surface area contributed by atoms with Gasteiger partial charge in [0.05, 0.1) is 47.5 Å². The minimum absolute atomic E-state index is 0.0558. The molecule has 5 aromatic rings. The van der Waals surface area contributed by atoms with Crippen LogP contribution in [0.2, 0.25) is 5.02 Å². The van der Waals surface area contributed by atoms with E-state index in [1.165, 1.54) is 0 Å². The minimum Gasteiger partial charge on any atom is -0.323 e. The number of aromatic nitrogens is 7. The van der Waals surface area contributed by atoms with E-state index in [1.807, 2.05) is 57.5 Å². The van der Waals surface area contributed by atoms with Gasteiger partial charge in [-0.25, -0.2) is 4.98 Å². The summed E-state index contributed by atoms with van der Waals surface area (Å²) in [5.41, 5.74) is 5.86. The number of halogens is 1. The lowest BCUT2D eigenvalue weighted by molar-refractivity contribution is -0.119. The van der Waals surface area contributed by atoms with Crippen LogP contribution >= 0.6 is 11.6 Å². The molecule has 11 heteroatoms. The fourth-order valence-electron chi connectivity index (χ4n) is 5.41. The van der Waals surface area contributed by atoms with E-state index in [-0.39, 0.29) is 23.4 Å². The number of nitrogens with zero attached hydrogens (tertiary/aromatic N) is 7. The van der Waals surface area contributed by atoms with Crippen LogP contribution in [0.3, 0.4) is 0 Å². The first-order valence-electron chi connectivity index (χ1n) is 13.4. The number of anilines is 1. The number of carbonyl (C=O) groups is 1. The van der Waals surface area contributed by atoms with Crippen LogP contribution in [0, 0.1) is 5.92 Å². The van der Waals surface area contributed by atoms with Gasteiger partial charge < -0.3 is 5.32 Å². The predicted octanol–water partition coefficient (Wildman–Crippen LogP) is 5.11. The summed E-state index contributed by atoms with van der Waals surface area (Å²) >= 11 is 6.36. The summed E-state index contributed by atoms with van der Waals surface area (Å²) in [7, 11) is 3.69. The molecular formula is C30H29ClN8O2. The highest BCUT2D eigenvalue weighted by Gasteiger charge is 2.24. The maximum Gasteiger partial charge on any atom is 0.254 e. The van der Waals surface area contributed by atoms with E-state index in [2.05, 4.69) is 20.5 Å². The lowest BCUT2D eigenvalue weighted by atomic mass is 9.96. The van der Waals surface area contributed by atoms with Crippen molar-refractivity contribution in [1.82, 2.24) is 34.1 Å². The van der Waals surface area contributed by atoms with Crippen molar-refractivity contribution in [3.8, 4) is 33.6 Å². The highest BCUT2D eigenvalue weighted by Crippen LogP contribution is 2.34. The average Bonchev–Trinajstić information content (AvgIpc) is 3.55. The van der Waals surface area contributed by atoms with Crippen molar-refractivity contribution in [3.05, 3.63) is 88.6 Å². The first kappa shape index (κ1) is 26.6. The summed E-state index contributed by atoms with van der Waals surface area (Å²) in [6.07, 6.45) is 10.6. The molecule has 0 spiro atoms. The van der Waals surface area contributed by atoms with Crippen LogP contribution in [-0.2, 0) is 18.9 Å². The molecule has 1 aromatic carbocycles. The Morgan fingerprint density at radius 2 is 1.80 bits per heavy atom. The molecule has 41 heavy (non-hydrogen) atoms. The Hall–Kier alpha value is -4.57. The molecule has 1 N–H and O–H groups in total. The van der Waals surface area contributed by atoms with E-state index in [0.717, 1.165) is 40.1 Å². The van der Waals surface area contributed by atoms with Gasteiger partial charge in [0.15, 0.2) is 0 Å². The molecule has 208 valence electrons. The third-order valence-electron chi connectivity index (χ3n) is 7.60. The van der Waals surface area contributed by atoms with E-state index in [4.69, 9.17) is 16.6 Å². The Morgan fingerprint density at radius 1 is 0.951 bits per heavy atom. The summed E-state index contributed by atoms with van der Waals surface area (Å²) in [6.45, 7) is 1.91. The fourth-order valence-corrected chi connectivity index (χ4v) is 5.59. The van der Waals surface area contributed by atoms with Crippen molar-refractivity contribution >= 4 is 23.2 Å². The largest absolute Gasteiger partial charge is 0.323 e. The number of rotatable bonds is 3. The van der Waals surface area contributed by atoms with Crippen molar-refractivity contribution in [2.75, 3.05) is 5.32 Å². The lowest BCUT2D eigenvalue weighted by Crippen LogP contribution is -2.27. The van der Waals surface area contributed by atoms with Crippen LogP contribution in [0.1, 0.15) is 37.9 Å². The monoisotopic (exact) mass is 568 g/mol. The van der Waals surface area contributed by atoms with Gasteiger partial charge in [-0.3, -0.25) is 28.5 Å². The molecular weight excluding hydrogens is 540 g/mol. The van der Waals surface area contributed by atoms with E-state index in [1.54, 1.807) is 44.9 Å². The Bertz CT molecular complexity index is 1820. The summed E-state index contributed by atoms with van der Waals surface area (Å²) in [4.78, 5) is 36.0. The van der Waals surface area contributed by atoms with Gasteiger partial charge >= 0.3 is 0 Å². The van der Waals surface area contributed by atoms with E-state index < -0.39 is 0 Å². The zero-order valence-electron chi connectivity index (χ0n) is 23.0. The van der Waals surface area contributed by atoms with Gasteiger partial charge in [-0.05, 0) is 42.7 Å². The highest BCUT2D eigenvalue weighted by molar-refractivity contribution is 6.31. The highest BCUT2D eigenvalue weighted by atomic mass is 35.5. The van der Waals surface area contributed by atoms with Crippen LogP contribution in [0.4, 0.5) is 5.69 Å². The maximum absolute atomic E-state index is 13.7. The predicted molar refractivity (Wildman–Crippen MR) is 157 cm³/mol. The van der Waals surface area contributed by atoms with Gasteiger partial charge in [-0.15, -0.1) is 0 Å². The fraction of sp³-hybridized carbons (Fsp3) is 0.267. The van der Waals surface area contributed by atoms with E-state index >= 15 is 0 Å².